The minimum Gasteiger partial charge on any atom is -0.423 e. The van der Waals surface area contributed by atoms with Crippen LogP contribution in [0.1, 0.15) is 6.92 Å². The molecule has 0 bridgehead atoms. The van der Waals surface area contributed by atoms with Gasteiger partial charge in [0.2, 0.25) is 0 Å². The molecule has 0 fully saturated rings. The summed E-state index contributed by atoms with van der Waals surface area (Å²) < 4.78 is 4.56. The largest absolute Gasteiger partial charge is 0.423 e. The number of hydrogen-bond donors (Lipinski definition) is 0. The third-order valence-electron chi connectivity index (χ3n) is 0.236. The van der Waals surface area contributed by atoms with Crippen LogP contribution in [-0.4, -0.2) is 10.5 Å². The van der Waals surface area contributed by atoms with E-state index in [-0.39, 0.29) is 0 Å². The zero-order chi connectivity index (χ0) is 3.41. The second kappa shape index (κ2) is 3.18. The summed E-state index contributed by atoms with van der Waals surface area (Å²) >= 11 is 0. The molecule has 4 heavy (non-hydrogen) atoms. The molecule has 0 saturated carbocycles. The fraction of sp³-hybridized carbons (Fsp3) is 0.500. The summed E-state index contributed by atoms with van der Waals surface area (Å²) in [5.74, 6) is 0. The van der Waals surface area contributed by atoms with Crippen LogP contribution < -0.4 is 0 Å². The van der Waals surface area contributed by atoms with Gasteiger partial charge in [0.05, 0.1) is 6.61 Å². The third kappa shape index (κ3) is 2.18. The Hall–Kier alpha value is 0.177. The van der Waals surface area contributed by atoms with Crippen molar-refractivity contribution < 1.29 is 4.43 Å². The van der Waals surface area contributed by atoms with Gasteiger partial charge < -0.3 is 4.43 Å². The Morgan fingerprint density at radius 2 is 2.25 bits per heavy atom. The van der Waals surface area contributed by atoms with Gasteiger partial charge in [0.1, 0.15) is 10.5 Å². The van der Waals surface area contributed by atoms with Gasteiger partial charge in [-0.2, -0.15) is 0 Å². The topological polar surface area (TPSA) is 9.23 Å². The number of hydrogen-bond acceptors (Lipinski definition) is 1. The van der Waals surface area contributed by atoms with Crippen LogP contribution in [-0.2, 0) is 4.43 Å². The lowest BCUT2D eigenvalue weighted by molar-refractivity contribution is 0.460. The van der Waals surface area contributed by atoms with Crippen molar-refractivity contribution in [3.63, 3.8) is 0 Å². The van der Waals surface area contributed by atoms with Crippen LogP contribution in [0.5, 0.6) is 0 Å². The van der Waals surface area contributed by atoms with E-state index in [9.17, 15) is 0 Å². The van der Waals surface area contributed by atoms with Gasteiger partial charge in [0.15, 0.2) is 0 Å². The van der Waals surface area contributed by atoms with E-state index in [4.69, 9.17) is 0 Å². The molecule has 1 nitrogen and oxygen atoms in total. The lowest BCUT2D eigenvalue weighted by Gasteiger charge is -1.76. The molecule has 1 radical (unpaired) electrons. The summed E-state index contributed by atoms with van der Waals surface area (Å²) in [4.78, 5) is 0. The first-order valence-corrected chi connectivity index (χ1v) is 2.04. The smallest absolute Gasteiger partial charge is 0.146 e. The Morgan fingerprint density at radius 1 is 2.00 bits per heavy atom. The maximum Gasteiger partial charge on any atom is 0.146 e. The highest BCUT2D eigenvalue weighted by Gasteiger charge is 1.53. The van der Waals surface area contributed by atoms with Gasteiger partial charge in [-0.3, -0.25) is 0 Å². The summed E-state index contributed by atoms with van der Waals surface area (Å²) in [6, 6.07) is 0. The maximum absolute atomic E-state index is 4.56. The molecule has 0 aromatic rings. The molecular weight excluding hydrogens is 68.1 g/mol. The van der Waals surface area contributed by atoms with Crippen LogP contribution in [0.25, 0.3) is 0 Å². The molecule has 0 spiro atoms. The van der Waals surface area contributed by atoms with Crippen molar-refractivity contribution in [2.75, 3.05) is 0 Å². The average Bonchev–Trinajstić information content (AvgIpc) is 1.37. The molecule has 0 aliphatic heterocycles. The van der Waals surface area contributed by atoms with E-state index in [1.165, 1.54) is 0 Å². The van der Waals surface area contributed by atoms with E-state index in [1.54, 1.807) is 6.61 Å². The molecular formula is C2H7OSi. The summed E-state index contributed by atoms with van der Waals surface area (Å²) in [5.41, 5.74) is 0. The summed E-state index contributed by atoms with van der Waals surface area (Å²) in [5, 5.41) is 0. The Balaban J connectivity index is 1.97. The first-order chi connectivity index (χ1) is 1.91. The van der Waals surface area contributed by atoms with Crippen molar-refractivity contribution in [2.45, 2.75) is 6.92 Å². The highest BCUT2D eigenvalue weighted by Crippen LogP contribution is 1.61. The quantitative estimate of drug-likeness (QED) is 0.380. The normalized spacial score (nSPS) is 8.25. The third-order valence-corrected chi connectivity index (χ3v) is 0.707. The van der Waals surface area contributed by atoms with Crippen LogP contribution in [0.2, 0.25) is 0 Å². The van der Waals surface area contributed by atoms with E-state index >= 15 is 0 Å². The van der Waals surface area contributed by atoms with Gasteiger partial charge in [-0.25, -0.2) is 0 Å². The molecule has 0 atom stereocenters. The first-order valence-electron chi connectivity index (χ1n) is 1.22. The molecule has 0 unspecified atom stereocenters. The van der Waals surface area contributed by atoms with E-state index in [0.717, 1.165) is 10.5 Å². The maximum atomic E-state index is 4.56. The van der Waals surface area contributed by atoms with Crippen molar-refractivity contribution >= 4 is 10.5 Å². The SMILES string of the molecule is C[CH]O[SiH3]. The minimum atomic E-state index is 0.834. The second-order valence-electron chi connectivity index (χ2n) is 0.471. The van der Waals surface area contributed by atoms with E-state index in [1.807, 2.05) is 6.92 Å². The molecule has 0 rings (SSSR count). The molecule has 0 aliphatic rings. The summed E-state index contributed by atoms with van der Waals surface area (Å²) in [6.45, 7) is 3.55. The molecule has 0 heterocycles. The lowest BCUT2D eigenvalue weighted by atomic mass is 10.9. The minimum absolute atomic E-state index is 0.834. The predicted molar refractivity (Wildman–Crippen MR) is 21.0 cm³/mol. The molecule has 0 aliphatic carbocycles. The van der Waals surface area contributed by atoms with Crippen molar-refractivity contribution in [3.05, 3.63) is 6.61 Å². The first kappa shape index (κ1) is 4.18. The van der Waals surface area contributed by atoms with E-state index < -0.39 is 0 Å². The zero-order valence-corrected chi connectivity index (χ0v) is 4.99. The Bertz CT molecular complexity index is 8.00. The zero-order valence-electron chi connectivity index (χ0n) is 2.99. The summed E-state index contributed by atoms with van der Waals surface area (Å²) in [7, 11) is 0.834. The van der Waals surface area contributed by atoms with Crippen molar-refractivity contribution in [1.29, 1.82) is 0 Å². The van der Waals surface area contributed by atoms with Crippen molar-refractivity contribution in [2.24, 2.45) is 0 Å². The van der Waals surface area contributed by atoms with Crippen LogP contribution in [0, 0.1) is 6.61 Å². The Morgan fingerprint density at radius 3 is 2.25 bits per heavy atom. The van der Waals surface area contributed by atoms with Crippen LogP contribution in [0.15, 0.2) is 0 Å². The molecule has 0 amide bonds. The van der Waals surface area contributed by atoms with Crippen LogP contribution >= 0.6 is 0 Å². The van der Waals surface area contributed by atoms with Crippen LogP contribution in [0.3, 0.4) is 0 Å². The van der Waals surface area contributed by atoms with Crippen molar-refractivity contribution in [1.82, 2.24) is 0 Å². The average molecular weight is 75.2 g/mol. The van der Waals surface area contributed by atoms with Crippen molar-refractivity contribution in [3.8, 4) is 0 Å². The number of rotatable bonds is 1. The van der Waals surface area contributed by atoms with Gasteiger partial charge in [0, 0.05) is 0 Å². The van der Waals surface area contributed by atoms with Gasteiger partial charge in [-0.05, 0) is 6.92 Å². The Labute approximate surface area is 29.5 Å². The highest BCUT2D eigenvalue weighted by molar-refractivity contribution is 5.98. The molecule has 2 heteroatoms. The molecule has 0 aromatic carbocycles. The lowest BCUT2D eigenvalue weighted by Crippen LogP contribution is -1.67. The van der Waals surface area contributed by atoms with E-state index in [2.05, 4.69) is 4.43 Å². The van der Waals surface area contributed by atoms with Gasteiger partial charge in [0.25, 0.3) is 0 Å². The predicted octanol–water partition coefficient (Wildman–Crippen LogP) is -0.535. The van der Waals surface area contributed by atoms with Gasteiger partial charge in [-0.15, -0.1) is 0 Å². The van der Waals surface area contributed by atoms with Gasteiger partial charge >= 0.3 is 0 Å². The van der Waals surface area contributed by atoms with Crippen LogP contribution in [0.4, 0.5) is 0 Å². The fourth-order valence-corrected chi connectivity index (χ4v) is 0. The second-order valence-corrected chi connectivity index (χ2v) is 0.943. The molecule has 0 N–H and O–H groups in total. The highest BCUT2D eigenvalue weighted by atomic mass is 28.2. The summed E-state index contributed by atoms with van der Waals surface area (Å²) in [6.07, 6.45) is 0. The molecule has 25 valence electrons. The van der Waals surface area contributed by atoms with Gasteiger partial charge in [-0.1, -0.05) is 0 Å². The Kier molecular flexibility index (Phi) is 3.32. The molecule has 0 aromatic heterocycles. The standard InChI is InChI=1S/C2H7OSi/c1-2-3-4/h2H,1,4H3. The van der Waals surface area contributed by atoms with E-state index in [0.29, 0.717) is 0 Å². The fourth-order valence-electron chi connectivity index (χ4n) is 0. The molecule has 0 saturated heterocycles. The monoisotopic (exact) mass is 75.0 g/mol.